The summed E-state index contributed by atoms with van der Waals surface area (Å²) in [5, 5.41) is 2.64. The lowest BCUT2D eigenvalue weighted by Gasteiger charge is -2.20. The van der Waals surface area contributed by atoms with Crippen molar-refractivity contribution in [2.75, 3.05) is 25.0 Å². The number of carbonyl (C=O) groups excluding carboxylic acids is 2. The third-order valence-corrected chi connectivity index (χ3v) is 8.02. The molecule has 1 aliphatic carbocycles. The van der Waals surface area contributed by atoms with Gasteiger partial charge in [-0.2, -0.15) is 4.31 Å². The topological polar surface area (TPSA) is 92.8 Å². The van der Waals surface area contributed by atoms with Crippen LogP contribution in [0.3, 0.4) is 0 Å². The van der Waals surface area contributed by atoms with Crippen molar-refractivity contribution < 1.29 is 22.7 Å². The number of nitrogens with one attached hydrogen (secondary N) is 1. The monoisotopic (exact) mass is 456 g/mol. The van der Waals surface area contributed by atoms with Gasteiger partial charge in [-0.15, -0.1) is 0 Å². The quantitative estimate of drug-likeness (QED) is 0.644. The fourth-order valence-corrected chi connectivity index (χ4v) is 5.69. The van der Waals surface area contributed by atoms with Crippen molar-refractivity contribution in [1.82, 2.24) is 4.31 Å². The Morgan fingerprint density at radius 1 is 0.938 bits per heavy atom. The van der Waals surface area contributed by atoms with E-state index in [0.29, 0.717) is 31.6 Å². The number of esters is 1. The van der Waals surface area contributed by atoms with Crippen molar-refractivity contribution in [3.63, 3.8) is 0 Å². The van der Waals surface area contributed by atoms with E-state index in [0.717, 1.165) is 31.2 Å². The van der Waals surface area contributed by atoms with Crippen molar-refractivity contribution >= 4 is 27.6 Å². The molecule has 2 aliphatic rings. The molecular weight excluding hydrogens is 428 g/mol. The Labute approximate surface area is 188 Å². The molecule has 2 fully saturated rings. The number of hydrogen-bond acceptors (Lipinski definition) is 5. The maximum absolute atomic E-state index is 13.0. The molecule has 0 bridgehead atoms. The number of carbonyl (C=O) groups is 2. The number of hydrogen-bond donors (Lipinski definition) is 1. The molecule has 8 heteroatoms. The summed E-state index contributed by atoms with van der Waals surface area (Å²) in [6.07, 6.45) is 5.18. The largest absolute Gasteiger partial charge is 0.455 e. The highest BCUT2D eigenvalue weighted by Gasteiger charge is 2.52. The molecule has 1 heterocycles. The number of ether oxygens (including phenoxy) is 1. The molecule has 4 rings (SSSR count). The predicted octanol–water partition coefficient (Wildman–Crippen LogP) is 3.46. The van der Waals surface area contributed by atoms with E-state index in [-0.39, 0.29) is 4.90 Å². The number of amides is 1. The van der Waals surface area contributed by atoms with Gasteiger partial charge in [0.2, 0.25) is 10.0 Å². The second-order valence-corrected chi connectivity index (χ2v) is 10.4. The first-order valence-electron chi connectivity index (χ1n) is 11.0. The molecule has 7 nitrogen and oxygen atoms in total. The molecule has 1 aliphatic heterocycles. The van der Waals surface area contributed by atoms with Crippen LogP contribution in [0.25, 0.3) is 0 Å². The van der Waals surface area contributed by atoms with Crippen molar-refractivity contribution in [1.29, 1.82) is 0 Å². The van der Waals surface area contributed by atoms with Crippen LogP contribution in [0.1, 0.15) is 44.1 Å². The lowest BCUT2D eigenvalue weighted by Crippen LogP contribution is -2.32. The Morgan fingerprint density at radius 3 is 2.28 bits per heavy atom. The minimum atomic E-state index is -3.61. The summed E-state index contributed by atoms with van der Waals surface area (Å²) in [4.78, 5) is 25.1. The molecule has 0 aromatic heterocycles. The number of nitrogens with zero attached hydrogens (tertiary/aromatic N) is 1. The van der Waals surface area contributed by atoms with Crippen molar-refractivity contribution in [3.8, 4) is 0 Å². The van der Waals surface area contributed by atoms with Gasteiger partial charge in [0.05, 0.1) is 10.3 Å². The number of rotatable bonds is 7. The molecular formula is C24H28N2O5S. The fourth-order valence-electron chi connectivity index (χ4n) is 4.12. The molecule has 0 spiro atoms. The Balaban J connectivity index is 1.36. The molecule has 170 valence electrons. The second-order valence-electron chi connectivity index (χ2n) is 8.42. The molecule has 2 aromatic rings. The molecule has 0 unspecified atom stereocenters. The van der Waals surface area contributed by atoms with E-state index < -0.39 is 33.9 Å². The third-order valence-electron chi connectivity index (χ3n) is 6.12. The van der Waals surface area contributed by atoms with Gasteiger partial charge in [-0.25, -0.2) is 8.42 Å². The second kappa shape index (κ2) is 9.42. The van der Waals surface area contributed by atoms with Gasteiger partial charge in [0, 0.05) is 18.8 Å². The first-order valence-corrected chi connectivity index (χ1v) is 12.5. The van der Waals surface area contributed by atoms with E-state index in [1.165, 1.54) is 16.4 Å². The van der Waals surface area contributed by atoms with Gasteiger partial charge < -0.3 is 10.1 Å². The van der Waals surface area contributed by atoms with Crippen LogP contribution in [0.2, 0.25) is 0 Å². The molecule has 1 saturated heterocycles. The zero-order valence-electron chi connectivity index (χ0n) is 18.0. The number of anilines is 1. The van der Waals surface area contributed by atoms with Gasteiger partial charge in [0.25, 0.3) is 5.91 Å². The predicted molar refractivity (Wildman–Crippen MR) is 121 cm³/mol. The van der Waals surface area contributed by atoms with E-state index in [9.17, 15) is 18.0 Å². The fraction of sp³-hybridized carbons (Fsp3) is 0.417. The normalized spacial score (nSPS) is 18.4. The minimum absolute atomic E-state index is 0.148. The summed E-state index contributed by atoms with van der Waals surface area (Å²) in [6, 6.07) is 15.6. The summed E-state index contributed by atoms with van der Waals surface area (Å²) in [7, 11) is -3.61. The van der Waals surface area contributed by atoms with Crippen LogP contribution in [-0.2, 0) is 29.8 Å². The van der Waals surface area contributed by atoms with Crippen LogP contribution in [0, 0.1) is 0 Å². The van der Waals surface area contributed by atoms with E-state index in [1.54, 1.807) is 12.1 Å². The van der Waals surface area contributed by atoms with Crippen LogP contribution < -0.4 is 5.32 Å². The van der Waals surface area contributed by atoms with Crippen molar-refractivity contribution in [2.45, 2.75) is 48.8 Å². The van der Waals surface area contributed by atoms with E-state index in [1.807, 2.05) is 30.3 Å². The van der Waals surface area contributed by atoms with Gasteiger partial charge in [0.1, 0.15) is 0 Å². The summed E-state index contributed by atoms with van der Waals surface area (Å²) in [5.41, 5.74) is 0.603. The third kappa shape index (κ3) is 4.86. The SMILES string of the molecule is O=C(COC(=O)C1(c2ccccc2)CC1)Nc1cccc(S(=O)(=O)N2CCCCCC2)c1. The molecule has 1 N–H and O–H groups in total. The van der Waals surface area contributed by atoms with E-state index in [4.69, 9.17) is 4.74 Å². The highest BCUT2D eigenvalue weighted by molar-refractivity contribution is 7.89. The van der Waals surface area contributed by atoms with Crippen molar-refractivity contribution in [2.24, 2.45) is 0 Å². The Hall–Kier alpha value is -2.71. The van der Waals surface area contributed by atoms with Crippen LogP contribution in [0.4, 0.5) is 5.69 Å². The zero-order chi connectivity index (χ0) is 22.6. The summed E-state index contributed by atoms with van der Waals surface area (Å²) in [6.45, 7) is 0.604. The molecule has 32 heavy (non-hydrogen) atoms. The summed E-state index contributed by atoms with van der Waals surface area (Å²) >= 11 is 0. The van der Waals surface area contributed by atoms with Crippen LogP contribution in [0.5, 0.6) is 0 Å². The van der Waals surface area contributed by atoms with Crippen molar-refractivity contribution in [3.05, 3.63) is 60.2 Å². The Morgan fingerprint density at radius 2 is 1.62 bits per heavy atom. The molecule has 2 aromatic carbocycles. The lowest BCUT2D eigenvalue weighted by molar-refractivity contribution is -0.150. The van der Waals surface area contributed by atoms with Crippen LogP contribution >= 0.6 is 0 Å². The number of benzene rings is 2. The van der Waals surface area contributed by atoms with Crippen LogP contribution in [0.15, 0.2) is 59.5 Å². The van der Waals surface area contributed by atoms with E-state index in [2.05, 4.69) is 5.32 Å². The van der Waals surface area contributed by atoms with Gasteiger partial charge in [-0.3, -0.25) is 9.59 Å². The summed E-state index contributed by atoms with van der Waals surface area (Å²) in [5.74, 6) is -0.914. The highest BCUT2D eigenvalue weighted by atomic mass is 32.2. The van der Waals surface area contributed by atoms with Crippen LogP contribution in [-0.4, -0.2) is 44.3 Å². The van der Waals surface area contributed by atoms with Gasteiger partial charge in [-0.05, 0) is 49.4 Å². The maximum atomic E-state index is 13.0. The average Bonchev–Trinajstić information content (AvgIpc) is 3.63. The minimum Gasteiger partial charge on any atom is -0.455 e. The molecule has 1 saturated carbocycles. The molecule has 0 atom stereocenters. The van der Waals surface area contributed by atoms with E-state index >= 15 is 0 Å². The Bertz CT molecular complexity index is 1070. The van der Waals surface area contributed by atoms with Gasteiger partial charge in [0.15, 0.2) is 6.61 Å². The maximum Gasteiger partial charge on any atom is 0.317 e. The average molecular weight is 457 g/mol. The molecule has 1 amide bonds. The van der Waals surface area contributed by atoms with Gasteiger partial charge in [-0.1, -0.05) is 49.2 Å². The number of sulfonamides is 1. The first-order chi connectivity index (χ1) is 15.4. The molecule has 0 radical (unpaired) electrons. The highest BCUT2D eigenvalue weighted by Crippen LogP contribution is 2.49. The zero-order valence-corrected chi connectivity index (χ0v) is 18.8. The Kier molecular flexibility index (Phi) is 6.62. The lowest BCUT2D eigenvalue weighted by atomic mass is 9.96. The standard InChI is InChI=1S/C24H28N2O5S/c27-22(18-31-23(28)24(13-14-24)19-9-4-3-5-10-19)25-20-11-8-12-21(17-20)32(29,30)26-15-6-1-2-7-16-26/h3-5,8-12,17H,1-2,6-7,13-16,18H2,(H,25,27). The summed E-state index contributed by atoms with van der Waals surface area (Å²) < 4.78 is 32.8. The van der Waals surface area contributed by atoms with Gasteiger partial charge >= 0.3 is 5.97 Å². The smallest absolute Gasteiger partial charge is 0.317 e. The first kappa shape index (κ1) is 22.5.